The van der Waals surface area contributed by atoms with Crippen molar-refractivity contribution in [2.75, 3.05) is 0 Å². The maximum absolute atomic E-state index is 5.83. The molecule has 0 N–H and O–H groups in total. The first kappa shape index (κ1) is 36.6. The second-order valence-corrected chi connectivity index (χ2v) is 20.6. The van der Waals surface area contributed by atoms with Crippen LogP contribution in [-0.2, 0) is 10.8 Å². The zero-order chi connectivity index (χ0) is 40.3. The highest BCUT2D eigenvalue weighted by atomic mass is 15.1. The van der Waals surface area contributed by atoms with E-state index in [1.165, 1.54) is 114 Å². The molecule has 5 heteroatoms. The summed E-state index contributed by atoms with van der Waals surface area (Å²) in [4.78, 5) is 17.4. The van der Waals surface area contributed by atoms with Gasteiger partial charge in [0.05, 0.1) is 27.8 Å². The summed E-state index contributed by atoms with van der Waals surface area (Å²) < 4.78 is 4.99. The summed E-state index contributed by atoms with van der Waals surface area (Å²) in [6, 6.07) is 42.5. The Balaban J connectivity index is 1.15. The second kappa shape index (κ2) is 13.6. The molecule has 4 aliphatic carbocycles. The highest BCUT2D eigenvalue weighted by Crippen LogP contribution is 2.56. The first-order valence-electron chi connectivity index (χ1n) is 23.1. The fourth-order valence-electron chi connectivity index (χ4n) is 14.4. The maximum Gasteiger partial charge on any atom is 0.165 e. The molecule has 4 bridgehead atoms. The molecule has 4 saturated carbocycles. The lowest BCUT2D eigenvalue weighted by atomic mass is 9.55. The van der Waals surface area contributed by atoms with Crippen LogP contribution in [0.1, 0.15) is 104 Å². The van der Waals surface area contributed by atoms with Crippen LogP contribution in [0.3, 0.4) is 0 Å². The third-order valence-corrected chi connectivity index (χ3v) is 15.7. The molecule has 0 radical (unpaired) electrons. The Labute approximate surface area is 354 Å². The normalized spacial score (nSPS) is 29.1. The van der Waals surface area contributed by atoms with E-state index in [0.29, 0.717) is 23.7 Å². The average molecular weight is 788 g/mol. The summed E-state index contributed by atoms with van der Waals surface area (Å²) in [7, 11) is 0. The molecule has 3 aromatic heterocycles. The Kier molecular flexibility index (Phi) is 8.29. The van der Waals surface area contributed by atoms with Gasteiger partial charge in [-0.3, -0.25) is 0 Å². The number of hydrogen-bond donors (Lipinski definition) is 0. The minimum Gasteiger partial charge on any atom is -0.309 e. The van der Waals surface area contributed by atoms with Crippen molar-refractivity contribution in [2.24, 2.45) is 35.5 Å². The third kappa shape index (κ3) is 5.60. The van der Waals surface area contributed by atoms with Crippen molar-refractivity contribution >= 4 is 43.6 Å². The van der Waals surface area contributed by atoms with Crippen LogP contribution in [0.2, 0.25) is 0 Å². The minimum atomic E-state index is -0.00371. The largest absolute Gasteiger partial charge is 0.309 e. The number of nitrogens with zero attached hydrogens (tertiary/aromatic N) is 5. The lowest BCUT2D eigenvalue weighted by molar-refractivity contribution is 0.0635. The Morgan fingerprint density at radius 3 is 1.58 bits per heavy atom. The SMILES string of the molecule is C[C@@H]1C[C@@H]2C[C@H](C)CC(c3nc(-c4ccccc4-n4c5ccccc5c5ccc6c(c7ccccc7n6-c6ccccc6)c54)nc(C45C[C@H](C)C[C@H](C[C@H](C)C4)C5)n3)(C1)C2. The van der Waals surface area contributed by atoms with E-state index in [1.807, 2.05) is 0 Å². The molecule has 8 atom stereocenters. The molecule has 302 valence electrons. The molecule has 4 aliphatic rings. The summed E-state index contributed by atoms with van der Waals surface area (Å²) in [6.45, 7) is 9.95. The third-order valence-electron chi connectivity index (χ3n) is 15.7. The molecule has 0 amide bonds. The molecular formula is C55H57N5. The fourth-order valence-corrected chi connectivity index (χ4v) is 14.4. The maximum atomic E-state index is 5.83. The number of benzene rings is 5. The van der Waals surface area contributed by atoms with Crippen LogP contribution in [0, 0.1) is 35.5 Å². The van der Waals surface area contributed by atoms with Gasteiger partial charge in [-0.1, -0.05) is 100 Å². The molecule has 5 nitrogen and oxygen atoms in total. The van der Waals surface area contributed by atoms with E-state index in [-0.39, 0.29) is 10.8 Å². The monoisotopic (exact) mass is 787 g/mol. The highest BCUT2D eigenvalue weighted by molar-refractivity contribution is 6.26. The molecule has 0 saturated heterocycles. The summed E-state index contributed by atoms with van der Waals surface area (Å²) in [6.07, 6.45) is 12.5. The Bertz CT molecular complexity index is 2850. The molecule has 60 heavy (non-hydrogen) atoms. The number of fused-ring (bicyclic) bond motifs is 11. The van der Waals surface area contributed by atoms with Crippen LogP contribution in [0.25, 0.3) is 66.4 Å². The van der Waals surface area contributed by atoms with Gasteiger partial charge in [-0.2, -0.15) is 0 Å². The lowest BCUT2D eigenvalue weighted by Gasteiger charge is -2.50. The topological polar surface area (TPSA) is 48.5 Å². The van der Waals surface area contributed by atoms with Gasteiger partial charge >= 0.3 is 0 Å². The zero-order valence-electron chi connectivity index (χ0n) is 35.7. The van der Waals surface area contributed by atoms with Crippen LogP contribution < -0.4 is 0 Å². The van der Waals surface area contributed by atoms with Crippen molar-refractivity contribution in [3.63, 3.8) is 0 Å². The molecule has 12 rings (SSSR count). The predicted octanol–water partition coefficient (Wildman–Crippen LogP) is 13.9. The summed E-state index contributed by atoms with van der Waals surface area (Å²) in [5, 5.41) is 5.04. The first-order valence-corrected chi connectivity index (χ1v) is 23.1. The van der Waals surface area contributed by atoms with Crippen LogP contribution in [0.4, 0.5) is 0 Å². The number of hydrogen-bond acceptors (Lipinski definition) is 3. The van der Waals surface area contributed by atoms with Crippen LogP contribution >= 0.6 is 0 Å². The van der Waals surface area contributed by atoms with Gasteiger partial charge in [0.15, 0.2) is 5.82 Å². The van der Waals surface area contributed by atoms with E-state index in [0.717, 1.165) is 40.6 Å². The van der Waals surface area contributed by atoms with E-state index in [1.54, 1.807) is 0 Å². The lowest BCUT2D eigenvalue weighted by Crippen LogP contribution is -2.46. The molecule has 2 unspecified atom stereocenters. The molecular weight excluding hydrogens is 731 g/mol. The van der Waals surface area contributed by atoms with Gasteiger partial charge in [-0.05, 0) is 142 Å². The molecule has 3 heterocycles. The zero-order valence-corrected chi connectivity index (χ0v) is 35.7. The second-order valence-electron chi connectivity index (χ2n) is 20.6. The van der Waals surface area contributed by atoms with E-state index < -0.39 is 0 Å². The van der Waals surface area contributed by atoms with Gasteiger partial charge in [0.25, 0.3) is 0 Å². The van der Waals surface area contributed by atoms with E-state index in [4.69, 9.17) is 15.0 Å². The van der Waals surface area contributed by atoms with Crippen molar-refractivity contribution < 1.29 is 0 Å². The van der Waals surface area contributed by atoms with Crippen molar-refractivity contribution in [3.8, 4) is 22.8 Å². The van der Waals surface area contributed by atoms with E-state index >= 15 is 0 Å². The van der Waals surface area contributed by atoms with Gasteiger partial charge in [-0.25, -0.2) is 15.0 Å². The smallest absolute Gasteiger partial charge is 0.165 e. The molecule has 8 aromatic rings. The fraction of sp³-hybridized carbons (Fsp3) is 0.400. The first-order chi connectivity index (χ1) is 29.3. The van der Waals surface area contributed by atoms with Crippen molar-refractivity contribution in [1.29, 1.82) is 0 Å². The Morgan fingerprint density at radius 1 is 0.450 bits per heavy atom. The molecule has 5 aromatic carbocycles. The van der Waals surface area contributed by atoms with Crippen molar-refractivity contribution in [1.82, 2.24) is 24.1 Å². The van der Waals surface area contributed by atoms with Gasteiger partial charge in [-0.15, -0.1) is 0 Å². The van der Waals surface area contributed by atoms with Gasteiger partial charge < -0.3 is 9.13 Å². The number of rotatable bonds is 5. The van der Waals surface area contributed by atoms with Gasteiger partial charge in [0, 0.05) is 43.6 Å². The Morgan fingerprint density at radius 2 is 0.967 bits per heavy atom. The number of aromatic nitrogens is 5. The summed E-state index contributed by atoms with van der Waals surface area (Å²) in [5.74, 6) is 7.26. The van der Waals surface area contributed by atoms with E-state index in [9.17, 15) is 0 Å². The predicted molar refractivity (Wildman–Crippen MR) is 247 cm³/mol. The number of para-hydroxylation sites is 4. The van der Waals surface area contributed by atoms with Crippen molar-refractivity contribution in [3.05, 3.63) is 127 Å². The standard InChI is InChI=1S/C55H57N5/c1-34-24-38-25-35(2)29-54(28-34,32-38)52-56-51(57-53(58-52)55-30-36(3)26-39(33-55)27-37(4)31-55)44-18-10-13-21-47(44)60-45-19-11-8-16-41(45)42-22-23-48-49(50(42)60)43-17-9-12-20-46(43)59(48)40-14-6-5-7-15-40/h5-23,34-39H,24-33H2,1-4H3/t34-,35+,36-,37+,38-,39-,54?,55?. The highest BCUT2D eigenvalue weighted by Gasteiger charge is 2.51. The van der Waals surface area contributed by atoms with Crippen molar-refractivity contribution in [2.45, 2.75) is 103 Å². The molecule has 0 spiro atoms. The summed E-state index contributed by atoms with van der Waals surface area (Å²) >= 11 is 0. The van der Waals surface area contributed by atoms with Crippen LogP contribution in [-0.4, -0.2) is 24.1 Å². The molecule has 4 fully saturated rings. The Hall–Kier alpha value is -5.29. The average Bonchev–Trinajstić information content (AvgIpc) is 3.76. The van der Waals surface area contributed by atoms with Crippen LogP contribution in [0.5, 0.6) is 0 Å². The van der Waals surface area contributed by atoms with Gasteiger partial charge in [0.1, 0.15) is 11.6 Å². The quantitative estimate of drug-likeness (QED) is 0.175. The van der Waals surface area contributed by atoms with E-state index in [2.05, 4.69) is 152 Å². The summed E-state index contributed by atoms with van der Waals surface area (Å²) in [5.41, 5.74) is 8.23. The van der Waals surface area contributed by atoms with Crippen LogP contribution in [0.15, 0.2) is 115 Å². The minimum absolute atomic E-state index is 0.00371. The molecule has 0 aliphatic heterocycles. The van der Waals surface area contributed by atoms with Gasteiger partial charge in [0.2, 0.25) is 0 Å².